The van der Waals surface area contributed by atoms with Crippen molar-refractivity contribution in [2.75, 3.05) is 0 Å². The van der Waals surface area contributed by atoms with Gasteiger partial charge in [0.15, 0.2) is 0 Å². The van der Waals surface area contributed by atoms with Crippen molar-refractivity contribution in [1.82, 2.24) is 15.1 Å². The molecular weight excluding hydrogens is 238 g/mol. The van der Waals surface area contributed by atoms with Crippen LogP contribution in [0.15, 0.2) is 16.5 Å². The first-order valence-corrected chi connectivity index (χ1v) is 6.83. The van der Waals surface area contributed by atoms with E-state index in [1.807, 2.05) is 25.6 Å². The van der Waals surface area contributed by atoms with E-state index in [1.54, 1.807) is 0 Å². The van der Waals surface area contributed by atoms with Crippen molar-refractivity contribution < 1.29 is 4.42 Å². The molecule has 4 heteroatoms. The van der Waals surface area contributed by atoms with Crippen molar-refractivity contribution in [2.24, 2.45) is 7.05 Å². The molecule has 104 valence electrons. The first-order valence-electron chi connectivity index (χ1n) is 6.83. The second kappa shape index (κ2) is 5.61. The third-order valence-electron chi connectivity index (χ3n) is 3.52. The Bertz CT molecular complexity index is 554. The molecule has 0 saturated carbocycles. The van der Waals surface area contributed by atoms with Gasteiger partial charge < -0.3 is 9.73 Å². The summed E-state index contributed by atoms with van der Waals surface area (Å²) in [5, 5.41) is 7.99. The Balaban J connectivity index is 2.02. The number of hydrogen-bond acceptors (Lipinski definition) is 3. The number of aromatic nitrogens is 2. The Morgan fingerprint density at radius 1 is 1.37 bits per heavy atom. The predicted octanol–water partition coefficient (Wildman–Crippen LogP) is 3.04. The average Bonchev–Trinajstić information content (AvgIpc) is 2.89. The summed E-state index contributed by atoms with van der Waals surface area (Å²) in [7, 11) is 1.99. The van der Waals surface area contributed by atoms with Gasteiger partial charge in [-0.15, -0.1) is 0 Å². The molecule has 0 aliphatic heterocycles. The topological polar surface area (TPSA) is 43.0 Å². The maximum atomic E-state index is 5.58. The Morgan fingerprint density at radius 3 is 2.63 bits per heavy atom. The zero-order valence-corrected chi connectivity index (χ0v) is 12.4. The van der Waals surface area contributed by atoms with Crippen LogP contribution in [0.2, 0.25) is 0 Å². The molecule has 0 amide bonds. The van der Waals surface area contributed by atoms with Gasteiger partial charge in [0.25, 0.3) is 0 Å². The molecule has 0 saturated heterocycles. The zero-order chi connectivity index (χ0) is 14.0. The number of aryl methyl sites for hydroxylation is 4. The quantitative estimate of drug-likeness (QED) is 0.899. The highest BCUT2D eigenvalue weighted by Crippen LogP contribution is 2.21. The minimum atomic E-state index is 0.275. The van der Waals surface area contributed by atoms with Crippen molar-refractivity contribution in [3.05, 3.63) is 40.6 Å². The van der Waals surface area contributed by atoms with Crippen LogP contribution in [0.5, 0.6) is 0 Å². The molecule has 1 N–H and O–H groups in total. The molecule has 2 aromatic rings. The van der Waals surface area contributed by atoms with Gasteiger partial charge in [-0.2, -0.15) is 5.10 Å². The zero-order valence-electron chi connectivity index (χ0n) is 12.4. The van der Waals surface area contributed by atoms with Crippen molar-refractivity contribution in [1.29, 1.82) is 0 Å². The Morgan fingerprint density at radius 2 is 2.11 bits per heavy atom. The lowest BCUT2D eigenvalue weighted by Gasteiger charge is -2.13. The lowest BCUT2D eigenvalue weighted by atomic mass is 10.1. The highest BCUT2D eigenvalue weighted by Gasteiger charge is 2.13. The van der Waals surface area contributed by atoms with Crippen LogP contribution in [0.25, 0.3) is 0 Å². The first kappa shape index (κ1) is 13.9. The van der Waals surface area contributed by atoms with E-state index in [1.165, 1.54) is 11.3 Å². The SMILES string of the molecule is CCc1cc(CNC(C)c2cc(C)oc2C)n(C)n1. The maximum absolute atomic E-state index is 5.58. The fourth-order valence-corrected chi connectivity index (χ4v) is 2.36. The van der Waals surface area contributed by atoms with E-state index in [9.17, 15) is 0 Å². The summed E-state index contributed by atoms with van der Waals surface area (Å²) in [5.74, 6) is 1.96. The monoisotopic (exact) mass is 261 g/mol. The molecular formula is C15H23N3O. The summed E-state index contributed by atoms with van der Waals surface area (Å²) in [4.78, 5) is 0. The van der Waals surface area contributed by atoms with Gasteiger partial charge in [0.05, 0.1) is 11.4 Å². The number of nitrogens with zero attached hydrogens (tertiary/aromatic N) is 2. The predicted molar refractivity (Wildman–Crippen MR) is 76.0 cm³/mol. The van der Waals surface area contributed by atoms with Crippen molar-refractivity contribution in [2.45, 2.75) is 46.7 Å². The number of nitrogens with one attached hydrogen (secondary N) is 1. The van der Waals surface area contributed by atoms with Crippen LogP contribution < -0.4 is 5.32 Å². The molecule has 1 atom stereocenters. The molecule has 0 radical (unpaired) electrons. The molecule has 2 rings (SSSR count). The Labute approximate surface area is 114 Å². The van der Waals surface area contributed by atoms with Crippen LogP contribution in [-0.4, -0.2) is 9.78 Å². The highest BCUT2D eigenvalue weighted by atomic mass is 16.3. The lowest BCUT2D eigenvalue weighted by molar-refractivity contribution is 0.487. The third kappa shape index (κ3) is 3.07. The summed E-state index contributed by atoms with van der Waals surface area (Å²) >= 11 is 0. The van der Waals surface area contributed by atoms with Gasteiger partial charge in [0, 0.05) is 25.2 Å². The second-order valence-corrected chi connectivity index (χ2v) is 5.08. The highest BCUT2D eigenvalue weighted by molar-refractivity contribution is 5.23. The smallest absolute Gasteiger partial charge is 0.105 e. The van der Waals surface area contributed by atoms with Crippen LogP contribution in [0.1, 0.15) is 48.4 Å². The van der Waals surface area contributed by atoms with Crippen LogP contribution in [0, 0.1) is 13.8 Å². The fourth-order valence-electron chi connectivity index (χ4n) is 2.36. The third-order valence-corrected chi connectivity index (χ3v) is 3.52. The maximum Gasteiger partial charge on any atom is 0.105 e. The second-order valence-electron chi connectivity index (χ2n) is 5.08. The lowest BCUT2D eigenvalue weighted by Crippen LogP contribution is -2.19. The van der Waals surface area contributed by atoms with E-state index in [4.69, 9.17) is 4.42 Å². The van der Waals surface area contributed by atoms with E-state index < -0.39 is 0 Å². The van der Waals surface area contributed by atoms with Gasteiger partial charge in [-0.3, -0.25) is 4.68 Å². The summed E-state index contributed by atoms with van der Waals surface area (Å²) in [5.41, 5.74) is 3.58. The normalized spacial score (nSPS) is 12.9. The van der Waals surface area contributed by atoms with Crippen molar-refractivity contribution >= 4 is 0 Å². The summed E-state index contributed by atoms with van der Waals surface area (Å²) in [6.45, 7) is 9.10. The number of furan rings is 1. The van der Waals surface area contributed by atoms with Crippen LogP contribution in [0.4, 0.5) is 0 Å². The first-order chi connectivity index (χ1) is 9.01. The molecule has 4 nitrogen and oxygen atoms in total. The summed E-state index contributed by atoms with van der Waals surface area (Å²) in [6, 6.07) is 4.54. The Kier molecular flexibility index (Phi) is 4.10. The minimum absolute atomic E-state index is 0.275. The molecule has 0 aliphatic rings. The van der Waals surface area contributed by atoms with Gasteiger partial charge in [-0.25, -0.2) is 0 Å². The molecule has 0 aliphatic carbocycles. The molecule has 2 aromatic heterocycles. The molecule has 2 heterocycles. The van der Waals surface area contributed by atoms with Gasteiger partial charge in [-0.1, -0.05) is 6.92 Å². The largest absolute Gasteiger partial charge is 0.466 e. The van der Waals surface area contributed by atoms with E-state index in [2.05, 4.69) is 36.4 Å². The number of rotatable bonds is 5. The average molecular weight is 261 g/mol. The van der Waals surface area contributed by atoms with Crippen LogP contribution >= 0.6 is 0 Å². The summed E-state index contributed by atoms with van der Waals surface area (Å²) < 4.78 is 7.53. The standard InChI is InChI=1S/C15H23N3O/c1-6-13-8-14(18(5)17-13)9-16-11(3)15-7-10(2)19-12(15)4/h7-8,11,16H,6,9H2,1-5H3. The van der Waals surface area contributed by atoms with E-state index in [0.29, 0.717) is 0 Å². The van der Waals surface area contributed by atoms with Crippen LogP contribution in [-0.2, 0) is 20.0 Å². The molecule has 1 unspecified atom stereocenters. The minimum Gasteiger partial charge on any atom is -0.466 e. The number of hydrogen-bond donors (Lipinski definition) is 1. The molecule has 0 fully saturated rings. The van der Waals surface area contributed by atoms with Crippen molar-refractivity contribution in [3.8, 4) is 0 Å². The van der Waals surface area contributed by atoms with Crippen molar-refractivity contribution in [3.63, 3.8) is 0 Å². The molecule has 0 bridgehead atoms. The fraction of sp³-hybridized carbons (Fsp3) is 0.533. The molecule has 0 spiro atoms. The van der Waals surface area contributed by atoms with E-state index in [0.717, 1.165) is 30.2 Å². The van der Waals surface area contributed by atoms with Gasteiger partial charge in [0.2, 0.25) is 0 Å². The van der Waals surface area contributed by atoms with Gasteiger partial charge in [0.1, 0.15) is 11.5 Å². The Hall–Kier alpha value is -1.55. The van der Waals surface area contributed by atoms with Crippen LogP contribution in [0.3, 0.4) is 0 Å². The van der Waals surface area contributed by atoms with E-state index in [-0.39, 0.29) is 6.04 Å². The molecule has 0 aromatic carbocycles. The van der Waals surface area contributed by atoms with Gasteiger partial charge >= 0.3 is 0 Å². The van der Waals surface area contributed by atoms with E-state index >= 15 is 0 Å². The molecule has 19 heavy (non-hydrogen) atoms. The van der Waals surface area contributed by atoms with Gasteiger partial charge in [-0.05, 0) is 39.3 Å². The summed E-state index contributed by atoms with van der Waals surface area (Å²) in [6.07, 6.45) is 0.976.